The SMILES string of the molecule is O=C(Cc1ccccc1)N1CCC(CO)C1. The molecule has 1 aliphatic heterocycles. The fourth-order valence-corrected chi connectivity index (χ4v) is 2.09. The second kappa shape index (κ2) is 5.12. The highest BCUT2D eigenvalue weighted by Crippen LogP contribution is 2.16. The Bertz CT molecular complexity index is 350. The van der Waals surface area contributed by atoms with E-state index in [0.717, 1.165) is 18.5 Å². The number of nitrogens with zero attached hydrogens (tertiary/aromatic N) is 1. The lowest BCUT2D eigenvalue weighted by molar-refractivity contribution is -0.129. The molecular weight excluding hydrogens is 202 g/mol. The van der Waals surface area contributed by atoms with E-state index in [4.69, 9.17) is 5.11 Å². The molecule has 1 aromatic carbocycles. The zero-order chi connectivity index (χ0) is 11.4. The lowest BCUT2D eigenvalue weighted by Gasteiger charge is -2.16. The van der Waals surface area contributed by atoms with Gasteiger partial charge in [-0.05, 0) is 12.0 Å². The van der Waals surface area contributed by atoms with Gasteiger partial charge in [0.05, 0.1) is 6.42 Å². The second-order valence-electron chi connectivity index (χ2n) is 4.34. The van der Waals surface area contributed by atoms with Crippen molar-refractivity contribution in [1.82, 2.24) is 4.90 Å². The number of rotatable bonds is 3. The zero-order valence-corrected chi connectivity index (χ0v) is 9.30. The number of likely N-dealkylation sites (tertiary alicyclic amines) is 1. The summed E-state index contributed by atoms with van der Waals surface area (Å²) in [6.45, 7) is 1.69. The van der Waals surface area contributed by atoms with E-state index in [-0.39, 0.29) is 18.4 Å². The van der Waals surface area contributed by atoms with Crippen LogP contribution in [-0.4, -0.2) is 35.6 Å². The number of amides is 1. The van der Waals surface area contributed by atoms with Crippen molar-refractivity contribution >= 4 is 5.91 Å². The summed E-state index contributed by atoms with van der Waals surface area (Å²) in [5.74, 6) is 0.446. The van der Waals surface area contributed by atoms with Gasteiger partial charge in [-0.3, -0.25) is 4.79 Å². The number of aliphatic hydroxyl groups excluding tert-OH is 1. The van der Waals surface area contributed by atoms with Gasteiger partial charge in [-0.1, -0.05) is 30.3 Å². The predicted molar refractivity (Wildman–Crippen MR) is 61.9 cm³/mol. The van der Waals surface area contributed by atoms with Crippen LogP contribution in [0.15, 0.2) is 30.3 Å². The molecular formula is C13H17NO2. The molecule has 0 saturated carbocycles. The molecule has 1 saturated heterocycles. The van der Waals surface area contributed by atoms with Crippen molar-refractivity contribution < 1.29 is 9.90 Å². The Kier molecular flexibility index (Phi) is 3.57. The number of carbonyl (C=O) groups excluding carboxylic acids is 1. The molecule has 1 aromatic rings. The molecule has 1 heterocycles. The average molecular weight is 219 g/mol. The molecule has 1 atom stereocenters. The van der Waals surface area contributed by atoms with E-state index in [1.54, 1.807) is 0 Å². The summed E-state index contributed by atoms with van der Waals surface area (Å²) in [4.78, 5) is 13.8. The lowest BCUT2D eigenvalue weighted by Crippen LogP contribution is -2.30. The predicted octanol–water partition coefficient (Wildman–Crippen LogP) is 1.07. The van der Waals surface area contributed by atoms with Crippen molar-refractivity contribution in [3.8, 4) is 0 Å². The number of hydrogen-bond donors (Lipinski definition) is 1. The third-order valence-electron chi connectivity index (χ3n) is 3.09. The molecule has 0 aliphatic carbocycles. The topological polar surface area (TPSA) is 40.5 Å². The summed E-state index contributed by atoms with van der Waals surface area (Å²) in [6.07, 6.45) is 1.40. The maximum Gasteiger partial charge on any atom is 0.227 e. The van der Waals surface area contributed by atoms with Crippen LogP contribution in [0.3, 0.4) is 0 Å². The Morgan fingerprint density at radius 2 is 2.12 bits per heavy atom. The van der Waals surface area contributed by atoms with Gasteiger partial charge in [0.2, 0.25) is 5.91 Å². The van der Waals surface area contributed by atoms with Crippen LogP contribution in [0.25, 0.3) is 0 Å². The first kappa shape index (κ1) is 11.1. The molecule has 0 radical (unpaired) electrons. The van der Waals surface area contributed by atoms with E-state index >= 15 is 0 Å². The molecule has 16 heavy (non-hydrogen) atoms. The smallest absolute Gasteiger partial charge is 0.227 e. The van der Waals surface area contributed by atoms with Gasteiger partial charge < -0.3 is 10.0 Å². The van der Waals surface area contributed by atoms with Crippen LogP contribution in [0, 0.1) is 5.92 Å². The van der Waals surface area contributed by atoms with Crippen molar-refractivity contribution in [2.45, 2.75) is 12.8 Å². The van der Waals surface area contributed by atoms with Crippen LogP contribution in [0.4, 0.5) is 0 Å². The van der Waals surface area contributed by atoms with Crippen molar-refractivity contribution in [1.29, 1.82) is 0 Å². The van der Waals surface area contributed by atoms with Gasteiger partial charge in [-0.2, -0.15) is 0 Å². The van der Waals surface area contributed by atoms with Gasteiger partial charge in [0.25, 0.3) is 0 Å². The normalized spacial score (nSPS) is 20.1. The number of hydrogen-bond acceptors (Lipinski definition) is 2. The molecule has 0 aromatic heterocycles. The molecule has 0 bridgehead atoms. The highest BCUT2D eigenvalue weighted by atomic mass is 16.3. The molecule has 2 rings (SSSR count). The summed E-state index contributed by atoms with van der Waals surface area (Å²) < 4.78 is 0. The standard InChI is InChI=1S/C13H17NO2/c15-10-12-6-7-14(9-12)13(16)8-11-4-2-1-3-5-11/h1-5,12,15H,6-10H2. The Morgan fingerprint density at radius 1 is 1.38 bits per heavy atom. The summed E-state index contributed by atoms with van der Waals surface area (Å²) in [7, 11) is 0. The Labute approximate surface area is 95.7 Å². The maximum absolute atomic E-state index is 11.9. The van der Waals surface area contributed by atoms with Crippen molar-refractivity contribution in [2.75, 3.05) is 19.7 Å². The highest BCUT2D eigenvalue weighted by molar-refractivity contribution is 5.79. The molecule has 1 N–H and O–H groups in total. The zero-order valence-electron chi connectivity index (χ0n) is 9.30. The summed E-state index contributed by atoms with van der Waals surface area (Å²) in [5.41, 5.74) is 1.06. The van der Waals surface area contributed by atoms with Crippen LogP contribution in [0.5, 0.6) is 0 Å². The molecule has 1 amide bonds. The molecule has 1 fully saturated rings. The van der Waals surface area contributed by atoms with Gasteiger partial charge in [0.1, 0.15) is 0 Å². The van der Waals surface area contributed by atoms with E-state index in [2.05, 4.69) is 0 Å². The van der Waals surface area contributed by atoms with E-state index in [9.17, 15) is 4.79 Å². The monoisotopic (exact) mass is 219 g/mol. The first-order valence-corrected chi connectivity index (χ1v) is 5.72. The summed E-state index contributed by atoms with van der Waals surface area (Å²) >= 11 is 0. The molecule has 1 aliphatic rings. The van der Waals surface area contributed by atoms with E-state index in [1.165, 1.54) is 0 Å². The van der Waals surface area contributed by atoms with Crippen LogP contribution in [-0.2, 0) is 11.2 Å². The first-order chi connectivity index (χ1) is 7.79. The second-order valence-corrected chi connectivity index (χ2v) is 4.34. The first-order valence-electron chi connectivity index (χ1n) is 5.72. The molecule has 3 heteroatoms. The van der Waals surface area contributed by atoms with E-state index < -0.39 is 0 Å². The quantitative estimate of drug-likeness (QED) is 0.826. The van der Waals surface area contributed by atoms with E-state index in [1.807, 2.05) is 35.2 Å². The van der Waals surface area contributed by atoms with Crippen LogP contribution in [0.1, 0.15) is 12.0 Å². The number of aliphatic hydroxyl groups is 1. The average Bonchev–Trinajstić information content (AvgIpc) is 2.79. The minimum absolute atomic E-state index is 0.169. The van der Waals surface area contributed by atoms with Crippen molar-refractivity contribution in [2.24, 2.45) is 5.92 Å². The molecule has 0 spiro atoms. The fourth-order valence-electron chi connectivity index (χ4n) is 2.09. The third kappa shape index (κ3) is 2.61. The lowest BCUT2D eigenvalue weighted by atomic mass is 10.1. The van der Waals surface area contributed by atoms with Crippen molar-refractivity contribution in [3.05, 3.63) is 35.9 Å². The minimum atomic E-state index is 0.169. The van der Waals surface area contributed by atoms with Gasteiger partial charge >= 0.3 is 0 Å². The van der Waals surface area contributed by atoms with Crippen LogP contribution in [0.2, 0.25) is 0 Å². The highest BCUT2D eigenvalue weighted by Gasteiger charge is 2.25. The van der Waals surface area contributed by atoms with Crippen molar-refractivity contribution in [3.63, 3.8) is 0 Å². The molecule has 1 unspecified atom stereocenters. The number of carbonyl (C=O) groups is 1. The summed E-state index contributed by atoms with van der Waals surface area (Å²) in [6, 6.07) is 9.78. The largest absolute Gasteiger partial charge is 0.396 e. The Balaban J connectivity index is 1.90. The van der Waals surface area contributed by atoms with Gasteiger partial charge in [-0.25, -0.2) is 0 Å². The van der Waals surface area contributed by atoms with E-state index in [0.29, 0.717) is 13.0 Å². The van der Waals surface area contributed by atoms with Crippen LogP contribution < -0.4 is 0 Å². The fraction of sp³-hybridized carbons (Fsp3) is 0.462. The van der Waals surface area contributed by atoms with Gasteiger partial charge in [0.15, 0.2) is 0 Å². The van der Waals surface area contributed by atoms with Crippen LogP contribution >= 0.6 is 0 Å². The Morgan fingerprint density at radius 3 is 2.75 bits per heavy atom. The summed E-state index contributed by atoms with van der Waals surface area (Å²) in [5, 5.41) is 9.02. The van der Waals surface area contributed by atoms with Gasteiger partial charge in [-0.15, -0.1) is 0 Å². The molecule has 3 nitrogen and oxygen atoms in total. The van der Waals surface area contributed by atoms with Gasteiger partial charge in [0, 0.05) is 25.6 Å². The third-order valence-corrected chi connectivity index (χ3v) is 3.09. The Hall–Kier alpha value is -1.35. The molecule has 86 valence electrons. The maximum atomic E-state index is 11.9. The number of benzene rings is 1. The minimum Gasteiger partial charge on any atom is -0.396 e.